The van der Waals surface area contributed by atoms with Gasteiger partial charge in [-0.3, -0.25) is 0 Å². The molecular weight excluding hydrogens is 551 g/mol. The average molecular weight is 577 g/mol. The summed E-state index contributed by atoms with van der Waals surface area (Å²) in [4.78, 5) is 0. The molecule has 0 aromatic heterocycles. The topological polar surface area (TPSA) is 0 Å². The molecule has 0 N–H and O–H groups in total. The van der Waals surface area contributed by atoms with Gasteiger partial charge in [0.05, 0.1) is 0 Å². The standard InChI is InChI=1S/C18H17.C12H9Si.2ClH.Zr/c1-3-14-11-16-10-9-13(2)18(17(16)12-14)15-7-5-4-6-8-15;1-3-7-11-9(5-1)10-6-2-4-8-12(10)13-11;;;/h4-12H,3H2,1-2H3;1-7H,13H2;2*1H;/q;;;;+2/p-2. The third kappa shape index (κ3) is 3.49. The second-order valence-corrected chi connectivity index (χ2v) is 25.2. The molecule has 0 nitrogen and oxygen atoms in total. The summed E-state index contributed by atoms with van der Waals surface area (Å²) in [6.07, 6.45) is 3.37. The molecule has 34 heavy (non-hydrogen) atoms. The van der Waals surface area contributed by atoms with Crippen molar-refractivity contribution in [2.45, 2.75) is 23.9 Å². The first kappa shape index (κ1) is 22.7. The van der Waals surface area contributed by atoms with E-state index in [-0.39, 0.29) is 3.63 Å². The molecule has 0 fully saturated rings. The van der Waals surface area contributed by atoms with Crippen molar-refractivity contribution in [2.24, 2.45) is 0 Å². The summed E-state index contributed by atoms with van der Waals surface area (Å²) in [6, 6.07) is 30.8. The van der Waals surface area contributed by atoms with E-state index in [2.05, 4.69) is 105 Å². The molecule has 1 aliphatic heterocycles. The zero-order valence-electron chi connectivity index (χ0n) is 19.4. The van der Waals surface area contributed by atoms with Crippen LogP contribution in [0.2, 0.25) is 0 Å². The number of rotatable bonds is 4. The van der Waals surface area contributed by atoms with Gasteiger partial charge in [0.25, 0.3) is 0 Å². The van der Waals surface area contributed by atoms with Crippen LogP contribution in [-0.4, -0.2) is 9.52 Å². The molecule has 0 bridgehead atoms. The van der Waals surface area contributed by atoms with Gasteiger partial charge in [-0.05, 0) is 0 Å². The van der Waals surface area contributed by atoms with Crippen molar-refractivity contribution < 1.29 is 17.9 Å². The average Bonchev–Trinajstić information content (AvgIpc) is 3.43. The SMILES string of the molecule is CCC1=Cc2c(ccc(C)c2-c2ccccc2)[CH]1[Zr]([Cl])([Cl])[c]1cccc2c1[SiH2]c1ccccc1-2. The van der Waals surface area contributed by atoms with Gasteiger partial charge in [0.1, 0.15) is 0 Å². The van der Waals surface area contributed by atoms with E-state index in [0.29, 0.717) is 0 Å². The molecule has 2 aliphatic rings. The maximum absolute atomic E-state index is 7.69. The minimum absolute atomic E-state index is 0.143. The molecule has 1 aliphatic carbocycles. The molecule has 4 aromatic rings. The van der Waals surface area contributed by atoms with Crippen LogP contribution in [0.4, 0.5) is 0 Å². The van der Waals surface area contributed by atoms with Crippen LogP contribution in [0.25, 0.3) is 28.3 Å². The van der Waals surface area contributed by atoms with Gasteiger partial charge in [0, 0.05) is 0 Å². The molecular formula is C30H26Cl2SiZr. The van der Waals surface area contributed by atoms with Gasteiger partial charge in [0.15, 0.2) is 0 Å². The molecule has 0 radical (unpaired) electrons. The quantitative estimate of drug-likeness (QED) is 0.217. The van der Waals surface area contributed by atoms with E-state index in [1.807, 2.05) is 0 Å². The van der Waals surface area contributed by atoms with Gasteiger partial charge in [-0.1, -0.05) is 0 Å². The second-order valence-electron chi connectivity index (χ2n) is 9.42. The van der Waals surface area contributed by atoms with Crippen LogP contribution < -0.4 is 13.6 Å². The Morgan fingerprint density at radius 3 is 2.35 bits per heavy atom. The number of hydrogen-bond acceptors (Lipinski definition) is 0. The van der Waals surface area contributed by atoms with Crippen LogP contribution in [0.3, 0.4) is 0 Å². The van der Waals surface area contributed by atoms with E-state index in [1.54, 1.807) is 0 Å². The fourth-order valence-electron chi connectivity index (χ4n) is 5.97. The van der Waals surface area contributed by atoms with Gasteiger partial charge in [-0.15, -0.1) is 0 Å². The fourth-order valence-corrected chi connectivity index (χ4v) is 23.0. The van der Waals surface area contributed by atoms with Gasteiger partial charge in [0.2, 0.25) is 0 Å². The Morgan fingerprint density at radius 2 is 1.56 bits per heavy atom. The summed E-state index contributed by atoms with van der Waals surface area (Å²) in [5.41, 5.74) is 10.7. The number of benzene rings is 4. The molecule has 168 valence electrons. The molecule has 1 unspecified atom stereocenters. The molecule has 1 heterocycles. The summed E-state index contributed by atoms with van der Waals surface area (Å²) in [5.74, 6) is 0. The summed E-state index contributed by atoms with van der Waals surface area (Å²) in [5, 5.41) is 3.00. The predicted octanol–water partition coefficient (Wildman–Crippen LogP) is 6.40. The predicted molar refractivity (Wildman–Crippen MR) is 149 cm³/mol. The molecule has 0 amide bonds. The fraction of sp³-hybridized carbons (Fsp3) is 0.133. The van der Waals surface area contributed by atoms with Crippen molar-refractivity contribution in [1.82, 2.24) is 0 Å². The van der Waals surface area contributed by atoms with Crippen molar-refractivity contribution in [3.8, 4) is 22.3 Å². The first-order valence-electron chi connectivity index (χ1n) is 12.0. The van der Waals surface area contributed by atoms with Gasteiger partial charge in [-0.2, -0.15) is 0 Å². The van der Waals surface area contributed by atoms with Gasteiger partial charge >= 0.3 is 217 Å². The summed E-state index contributed by atoms with van der Waals surface area (Å²) in [6.45, 7) is 4.45. The second kappa shape index (κ2) is 8.75. The Morgan fingerprint density at radius 1 is 0.824 bits per heavy atom. The zero-order valence-corrected chi connectivity index (χ0v) is 24.8. The molecule has 4 heteroatoms. The van der Waals surface area contributed by atoms with E-state index in [1.165, 1.54) is 58.2 Å². The Labute approximate surface area is 216 Å². The maximum atomic E-state index is 7.69. The van der Waals surface area contributed by atoms with E-state index < -0.39 is 27.4 Å². The first-order valence-corrected chi connectivity index (χ1v) is 22.4. The minimum atomic E-state index is -3.87. The van der Waals surface area contributed by atoms with Crippen molar-refractivity contribution in [1.29, 1.82) is 0 Å². The van der Waals surface area contributed by atoms with Gasteiger partial charge < -0.3 is 0 Å². The van der Waals surface area contributed by atoms with Crippen LogP contribution in [0.5, 0.6) is 0 Å². The molecule has 1 atom stereocenters. The van der Waals surface area contributed by atoms with Gasteiger partial charge in [-0.25, -0.2) is 0 Å². The van der Waals surface area contributed by atoms with Crippen LogP contribution >= 0.6 is 17.0 Å². The summed E-state index contributed by atoms with van der Waals surface area (Å²) in [7, 11) is 14.8. The van der Waals surface area contributed by atoms with E-state index in [9.17, 15) is 0 Å². The van der Waals surface area contributed by atoms with E-state index in [4.69, 9.17) is 17.0 Å². The molecule has 0 spiro atoms. The first-order chi connectivity index (χ1) is 16.5. The van der Waals surface area contributed by atoms with Crippen LogP contribution in [0.1, 0.15) is 33.7 Å². The third-order valence-electron chi connectivity index (χ3n) is 7.54. The van der Waals surface area contributed by atoms with Crippen molar-refractivity contribution >= 4 is 46.3 Å². The molecule has 0 saturated heterocycles. The van der Waals surface area contributed by atoms with Crippen LogP contribution in [-0.2, 0) is 17.9 Å². The Bertz CT molecular complexity index is 1460. The zero-order chi connectivity index (χ0) is 23.4. The van der Waals surface area contributed by atoms with E-state index >= 15 is 0 Å². The normalized spacial score (nSPS) is 16.8. The molecule has 4 aromatic carbocycles. The van der Waals surface area contributed by atoms with Crippen molar-refractivity contribution in [3.05, 3.63) is 107 Å². The van der Waals surface area contributed by atoms with Crippen LogP contribution in [0, 0.1) is 6.92 Å². The van der Waals surface area contributed by atoms with Crippen molar-refractivity contribution in [2.75, 3.05) is 0 Å². The number of fused-ring (bicyclic) bond motifs is 4. The monoisotopic (exact) mass is 574 g/mol. The Kier molecular flexibility index (Phi) is 5.85. The summed E-state index contributed by atoms with van der Waals surface area (Å²) >= 11 is -3.87. The summed E-state index contributed by atoms with van der Waals surface area (Å²) < 4.78 is 1.45. The van der Waals surface area contributed by atoms with Crippen LogP contribution in [0.15, 0.2) is 90.5 Å². The Hall–Kier alpha value is -1.70. The molecule has 0 saturated carbocycles. The number of allylic oxidation sites excluding steroid dienone is 1. The third-order valence-corrected chi connectivity index (χ3v) is 21.9. The van der Waals surface area contributed by atoms with E-state index in [0.717, 1.165) is 6.42 Å². The number of aryl methyl sites for hydroxylation is 1. The Balaban J connectivity index is 1.52. The van der Waals surface area contributed by atoms with Crippen molar-refractivity contribution in [3.63, 3.8) is 0 Å². The number of halogens is 2. The number of hydrogen-bond donors (Lipinski definition) is 0. The molecule has 6 rings (SSSR count).